The lowest BCUT2D eigenvalue weighted by Crippen LogP contribution is -2.19. The number of aliphatic hydroxyl groups is 1. The van der Waals surface area contributed by atoms with Crippen molar-refractivity contribution in [1.29, 1.82) is 0 Å². The van der Waals surface area contributed by atoms with Crippen molar-refractivity contribution >= 4 is 5.97 Å². The van der Waals surface area contributed by atoms with Crippen LogP contribution in [0.4, 0.5) is 0 Å². The van der Waals surface area contributed by atoms with E-state index in [4.69, 9.17) is 5.11 Å². The summed E-state index contributed by atoms with van der Waals surface area (Å²) in [4.78, 5) is 11.2. The molecule has 0 spiro atoms. The fraction of sp³-hybridized carbons (Fsp3) is 0.727. The van der Waals surface area contributed by atoms with Crippen LogP contribution in [0.1, 0.15) is 26.2 Å². The van der Waals surface area contributed by atoms with Crippen LogP contribution >= 0.6 is 0 Å². The van der Waals surface area contributed by atoms with E-state index in [1.54, 1.807) is 0 Å². The number of methoxy groups -OCH3 is 1. The second kappa shape index (κ2) is 5.15. The van der Waals surface area contributed by atoms with Crippen LogP contribution in [0.2, 0.25) is 0 Å². The number of esters is 1. The molecule has 0 fully saturated rings. The predicted molar refractivity (Wildman–Crippen MR) is 53.7 cm³/mol. The zero-order chi connectivity index (χ0) is 10.6. The molecule has 0 amide bonds. The zero-order valence-corrected chi connectivity index (χ0v) is 8.82. The quantitative estimate of drug-likeness (QED) is 0.699. The Morgan fingerprint density at radius 1 is 1.79 bits per heavy atom. The molecule has 0 aromatic rings. The van der Waals surface area contributed by atoms with Gasteiger partial charge in [-0.25, -0.2) is 4.79 Å². The standard InChI is InChI=1S/C11H18O3/c1-8(7-12)9-3-5-10(6-4-9)11(13)14-2/h5,8-9,12H,3-4,6-7H2,1-2H3/t8-,9+/m1/s1. The molecule has 0 aromatic heterocycles. The Morgan fingerprint density at radius 2 is 2.50 bits per heavy atom. The lowest BCUT2D eigenvalue weighted by Gasteiger charge is -2.25. The Balaban J connectivity index is 2.51. The number of carbonyl (C=O) groups is 1. The van der Waals surface area contributed by atoms with Crippen LogP contribution in [0.15, 0.2) is 11.6 Å². The second-order valence-electron chi connectivity index (χ2n) is 3.92. The fourth-order valence-corrected chi connectivity index (χ4v) is 1.84. The van der Waals surface area contributed by atoms with Gasteiger partial charge in [0.1, 0.15) is 0 Å². The van der Waals surface area contributed by atoms with E-state index < -0.39 is 0 Å². The monoisotopic (exact) mass is 198 g/mol. The summed E-state index contributed by atoms with van der Waals surface area (Å²) in [5.74, 6) is 0.624. The molecule has 1 aliphatic rings. The van der Waals surface area contributed by atoms with Gasteiger partial charge in [0.2, 0.25) is 0 Å². The molecule has 1 rings (SSSR count). The third-order valence-electron chi connectivity index (χ3n) is 2.99. The normalized spacial score (nSPS) is 23.9. The van der Waals surface area contributed by atoms with Gasteiger partial charge in [0.15, 0.2) is 0 Å². The fourth-order valence-electron chi connectivity index (χ4n) is 1.84. The van der Waals surface area contributed by atoms with Gasteiger partial charge in [0.25, 0.3) is 0 Å². The summed E-state index contributed by atoms with van der Waals surface area (Å²) in [5.41, 5.74) is 0.786. The largest absolute Gasteiger partial charge is 0.466 e. The summed E-state index contributed by atoms with van der Waals surface area (Å²) in [7, 11) is 1.41. The first-order valence-corrected chi connectivity index (χ1v) is 5.07. The lowest BCUT2D eigenvalue weighted by molar-refractivity contribution is -0.136. The summed E-state index contributed by atoms with van der Waals surface area (Å²) < 4.78 is 4.66. The Morgan fingerprint density at radius 3 is 2.93 bits per heavy atom. The first-order valence-electron chi connectivity index (χ1n) is 5.07. The van der Waals surface area contributed by atoms with Crippen molar-refractivity contribution in [3.8, 4) is 0 Å². The van der Waals surface area contributed by atoms with Crippen LogP contribution in [-0.2, 0) is 9.53 Å². The van der Waals surface area contributed by atoms with Gasteiger partial charge in [-0.1, -0.05) is 13.0 Å². The highest BCUT2D eigenvalue weighted by Gasteiger charge is 2.22. The van der Waals surface area contributed by atoms with Gasteiger partial charge in [-0.3, -0.25) is 0 Å². The van der Waals surface area contributed by atoms with Gasteiger partial charge in [0.05, 0.1) is 7.11 Å². The van der Waals surface area contributed by atoms with Crippen molar-refractivity contribution in [3.05, 3.63) is 11.6 Å². The molecule has 3 heteroatoms. The first-order chi connectivity index (χ1) is 6.69. The summed E-state index contributed by atoms with van der Waals surface area (Å²) in [5, 5.41) is 9.00. The van der Waals surface area contributed by atoms with Gasteiger partial charge < -0.3 is 9.84 Å². The maximum absolute atomic E-state index is 11.2. The molecule has 1 aliphatic carbocycles. The van der Waals surface area contributed by atoms with Gasteiger partial charge >= 0.3 is 5.97 Å². The number of rotatable bonds is 3. The molecule has 0 radical (unpaired) electrons. The van der Waals surface area contributed by atoms with E-state index in [1.165, 1.54) is 7.11 Å². The van der Waals surface area contributed by atoms with Crippen LogP contribution in [0.3, 0.4) is 0 Å². The molecule has 0 heterocycles. The average molecular weight is 198 g/mol. The van der Waals surface area contributed by atoms with Gasteiger partial charge in [-0.2, -0.15) is 0 Å². The van der Waals surface area contributed by atoms with Crippen molar-refractivity contribution in [1.82, 2.24) is 0 Å². The molecule has 0 aliphatic heterocycles. The van der Waals surface area contributed by atoms with E-state index in [2.05, 4.69) is 4.74 Å². The minimum Gasteiger partial charge on any atom is -0.466 e. The first kappa shape index (κ1) is 11.2. The van der Waals surface area contributed by atoms with Crippen molar-refractivity contribution in [2.75, 3.05) is 13.7 Å². The minimum atomic E-state index is -0.208. The Kier molecular flexibility index (Phi) is 4.14. The van der Waals surface area contributed by atoms with E-state index in [9.17, 15) is 4.79 Å². The second-order valence-corrected chi connectivity index (χ2v) is 3.92. The number of aliphatic hydroxyl groups excluding tert-OH is 1. The number of allylic oxidation sites excluding steroid dienone is 1. The highest BCUT2D eigenvalue weighted by molar-refractivity contribution is 5.88. The van der Waals surface area contributed by atoms with Crippen LogP contribution in [0.25, 0.3) is 0 Å². The summed E-state index contributed by atoms with van der Waals surface area (Å²) in [6, 6.07) is 0. The molecular weight excluding hydrogens is 180 g/mol. The lowest BCUT2D eigenvalue weighted by atomic mass is 9.82. The van der Waals surface area contributed by atoms with Crippen LogP contribution in [0.5, 0.6) is 0 Å². The molecule has 80 valence electrons. The summed E-state index contributed by atoms with van der Waals surface area (Å²) >= 11 is 0. The van der Waals surface area contributed by atoms with E-state index in [0.29, 0.717) is 11.8 Å². The Hall–Kier alpha value is -0.830. The molecule has 2 atom stereocenters. The van der Waals surface area contributed by atoms with Gasteiger partial charge in [-0.15, -0.1) is 0 Å². The molecule has 1 N–H and O–H groups in total. The summed E-state index contributed by atoms with van der Waals surface area (Å²) in [6.45, 7) is 2.27. The molecule has 0 bridgehead atoms. The van der Waals surface area contributed by atoms with Gasteiger partial charge in [0, 0.05) is 12.2 Å². The van der Waals surface area contributed by atoms with Crippen molar-refractivity contribution in [2.45, 2.75) is 26.2 Å². The van der Waals surface area contributed by atoms with E-state index in [-0.39, 0.29) is 12.6 Å². The van der Waals surface area contributed by atoms with Crippen LogP contribution in [-0.4, -0.2) is 24.8 Å². The maximum atomic E-state index is 11.2. The van der Waals surface area contributed by atoms with Gasteiger partial charge in [-0.05, 0) is 31.1 Å². The molecule has 0 unspecified atom stereocenters. The van der Waals surface area contributed by atoms with Crippen LogP contribution in [0, 0.1) is 11.8 Å². The van der Waals surface area contributed by atoms with E-state index >= 15 is 0 Å². The maximum Gasteiger partial charge on any atom is 0.333 e. The highest BCUT2D eigenvalue weighted by Crippen LogP contribution is 2.29. The molecule has 14 heavy (non-hydrogen) atoms. The minimum absolute atomic E-state index is 0.208. The third kappa shape index (κ3) is 2.58. The molecule has 0 saturated heterocycles. The molecule has 3 nitrogen and oxygen atoms in total. The van der Waals surface area contributed by atoms with E-state index in [0.717, 1.165) is 24.8 Å². The van der Waals surface area contributed by atoms with Crippen molar-refractivity contribution in [2.24, 2.45) is 11.8 Å². The Bertz CT molecular complexity index is 233. The SMILES string of the molecule is COC(=O)C1=CC[C@H]([C@H](C)CO)CC1. The highest BCUT2D eigenvalue weighted by atomic mass is 16.5. The molecule has 0 saturated carbocycles. The van der Waals surface area contributed by atoms with Crippen LogP contribution < -0.4 is 0 Å². The van der Waals surface area contributed by atoms with Crippen molar-refractivity contribution in [3.63, 3.8) is 0 Å². The van der Waals surface area contributed by atoms with Crippen molar-refractivity contribution < 1.29 is 14.6 Å². The third-order valence-corrected chi connectivity index (χ3v) is 2.99. The topological polar surface area (TPSA) is 46.5 Å². The number of hydrogen-bond donors (Lipinski definition) is 1. The summed E-state index contributed by atoms with van der Waals surface area (Å²) in [6.07, 6.45) is 4.59. The number of hydrogen-bond acceptors (Lipinski definition) is 3. The van der Waals surface area contributed by atoms with E-state index in [1.807, 2.05) is 13.0 Å². The zero-order valence-electron chi connectivity index (χ0n) is 8.82. The average Bonchev–Trinajstić information content (AvgIpc) is 2.27. The number of ether oxygens (including phenoxy) is 1. The smallest absolute Gasteiger partial charge is 0.333 e. The molecule has 0 aromatic carbocycles. The number of carbonyl (C=O) groups excluding carboxylic acids is 1. The molecular formula is C11H18O3. The Labute approximate surface area is 84.8 Å². The predicted octanol–water partition coefficient (Wildman–Crippen LogP) is 1.51.